The average Bonchev–Trinajstić information content (AvgIpc) is 2.16. The second-order valence-electron chi connectivity index (χ2n) is 4.99. The Kier molecular flexibility index (Phi) is 4.92. The maximum atomic E-state index is 11.8. The lowest BCUT2D eigenvalue weighted by Gasteiger charge is -2.33. The number of likely N-dealkylation sites (tertiary alicyclic amines) is 1. The van der Waals surface area contributed by atoms with E-state index in [-0.39, 0.29) is 12.2 Å². The Labute approximate surface area is 103 Å². The molecule has 1 atom stereocenters. The number of carbonyl (C=O) groups excluding carboxylic acids is 1. The van der Waals surface area contributed by atoms with Crippen molar-refractivity contribution in [2.75, 3.05) is 19.0 Å². The van der Waals surface area contributed by atoms with Crippen LogP contribution in [0.15, 0.2) is 0 Å². The molecule has 1 saturated heterocycles. The van der Waals surface area contributed by atoms with Crippen LogP contribution in [0.3, 0.4) is 0 Å². The zero-order valence-corrected chi connectivity index (χ0v) is 11.1. The van der Waals surface area contributed by atoms with Crippen LogP contribution in [0.1, 0.15) is 33.6 Å². The number of ether oxygens (including phenoxy) is 2. The molecule has 1 fully saturated rings. The van der Waals surface area contributed by atoms with Crippen molar-refractivity contribution in [3.8, 4) is 0 Å². The van der Waals surface area contributed by atoms with E-state index in [1.807, 2.05) is 20.8 Å². The van der Waals surface area contributed by atoms with Crippen molar-refractivity contribution in [1.82, 2.24) is 4.90 Å². The van der Waals surface area contributed by atoms with Gasteiger partial charge in [-0.3, -0.25) is 0 Å². The summed E-state index contributed by atoms with van der Waals surface area (Å²) in [7, 11) is 0. The number of thiol groups is 1. The van der Waals surface area contributed by atoms with Gasteiger partial charge in [0.25, 0.3) is 0 Å². The molecule has 1 heterocycles. The first-order valence-corrected chi connectivity index (χ1v) is 6.26. The van der Waals surface area contributed by atoms with Gasteiger partial charge in [-0.25, -0.2) is 4.79 Å². The van der Waals surface area contributed by atoms with Crippen molar-refractivity contribution in [3.05, 3.63) is 0 Å². The summed E-state index contributed by atoms with van der Waals surface area (Å²) in [5, 5.41) is 0. The third kappa shape index (κ3) is 4.61. The van der Waals surface area contributed by atoms with E-state index in [1.54, 1.807) is 4.90 Å². The quantitative estimate of drug-likeness (QED) is 0.601. The van der Waals surface area contributed by atoms with Gasteiger partial charge < -0.3 is 14.4 Å². The minimum absolute atomic E-state index is 0.0961. The van der Waals surface area contributed by atoms with Crippen molar-refractivity contribution in [2.45, 2.75) is 45.3 Å². The molecule has 0 spiro atoms. The van der Waals surface area contributed by atoms with E-state index in [1.165, 1.54) is 0 Å². The SMILES string of the molecule is CC(C)(C)OC(=O)N1CCC[C@@H](OCS)C1. The van der Waals surface area contributed by atoms with Gasteiger partial charge in [0.1, 0.15) is 5.60 Å². The largest absolute Gasteiger partial charge is 0.444 e. The summed E-state index contributed by atoms with van der Waals surface area (Å²) in [6.45, 7) is 6.97. The molecule has 1 aliphatic rings. The summed E-state index contributed by atoms with van der Waals surface area (Å²) in [4.78, 5) is 13.5. The molecule has 16 heavy (non-hydrogen) atoms. The monoisotopic (exact) mass is 247 g/mol. The summed E-state index contributed by atoms with van der Waals surface area (Å²) in [6, 6.07) is 0. The molecule has 0 N–H and O–H groups in total. The fourth-order valence-electron chi connectivity index (χ4n) is 1.67. The van der Waals surface area contributed by atoms with E-state index in [0.717, 1.165) is 19.4 Å². The van der Waals surface area contributed by atoms with Gasteiger partial charge in [-0.2, -0.15) is 12.6 Å². The first kappa shape index (κ1) is 13.6. The van der Waals surface area contributed by atoms with Crippen LogP contribution in [0.4, 0.5) is 4.79 Å². The molecule has 0 saturated carbocycles. The van der Waals surface area contributed by atoms with Crippen molar-refractivity contribution < 1.29 is 14.3 Å². The molecule has 1 rings (SSSR count). The highest BCUT2D eigenvalue weighted by atomic mass is 32.1. The Hall–Kier alpha value is -0.420. The number of amides is 1. The van der Waals surface area contributed by atoms with E-state index in [0.29, 0.717) is 12.5 Å². The number of rotatable bonds is 2. The molecular formula is C11H21NO3S. The maximum absolute atomic E-state index is 11.8. The van der Waals surface area contributed by atoms with Crippen molar-refractivity contribution in [1.29, 1.82) is 0 Å². The summed E-state index contributed by atoms with van der Waals surface area (Å²) in [5.74, 6) is 0.396. The molecule has 0 aromatic rings. The Bertz CT molecular complexity index is 238. The molecule has 0 aromatic carbocycles. The average molecular weight is 247 g/mol. The second-order valence-corrected chi connectivity index (χ2v) is 5.24. The van der Waals surface area contributed by atoms with Gasteiger partial charge in [-0.15, -0.1) is 0 Å². The first-order valence-electron chi connectivity index (χ1n) is 5.63. The van der Waals surface area contributed by atoms with Crippen LogP contribution >= 0.6 is 12.6 Å². The third-order valence-corrected chi connectivity index (χ3v) is 2.49. The highest BCUT2D eigenvalue weighted by Gasteiger charge is 2.27. The van der Waals surface area contributed by atoms with E-state index < -0.39 is 5.60 Å². The molecule has 1 aliphatic heterocycles. The van der Waals surface area contributed by atoms with Crippen LogP contribution in [-0.4, -0.2) is 41.7 Å². The normalized spacial score (nSPS) is 22.0. The van der Waals surface area contributed by atoms with Crippen LogP contribution in [0.2, 0.25) is 0 Å². The van der Waals surface area contributed by atoms with Gasteiger partial charge in [0.05, 0.1) is 18.6 Å². The molecule has 1 amide bonds. The number of hydrogen-bond acceptors (Lipinski definition) is 4. The predicted molar refractivity (Wildman–Crippen MR) is 65.8 cm³/mol. The Morgan fingerprint density at radius 3 is 2.75 bits per heavy atom. The van der Waals surface area contributed by atoms with Crippen LogP contribution in [0.25, 0.3) is 0 Å². The first-order chi connectivity index (χ1) is 7.42. The smallest absolute Gasteiger partial charge is 0.410 e. The molecule has 94 valence electrons. The van der Waals surface area contributed by atoms with Gasteiger partial charge in [0.2, 0.25) is 0 Å². The summed E-state index contributed by atoms with van der Waals surface area (Å²) in [5.41, 5.74) is -0.436. The molecule has 0 bridgehead atoms. The van der Waals surface area contributed by atoms with Crippen molar-refractivity contribution in [2.24, 2.45) is 0 Å². The fourth-order valence-corrected chi connectivity index (χ4v) is 1.88. The van der Waals surface area contributed by atoms with Gasteiger partial charge in [-0.1, -0.05) is 0 Å². The maximum Gasteiger partial charge on any atom is 0.410 e. The lowest BCUT2D eigenvalue weighted by atomic mass is 10.1. The number of carbonyl (C=O) groups is 1. The van der Waals surface area contributed by atoms with Crippen LogP contribution in [0.5, 0.6) is 0 Å². The fraction of sp³-hybridized carbons (Fsp3) is 0.909. The van der Waals surface area contributed by atoms with E-state index in [4.69, 9.17) is 9.47 Å². The molecule has 0 unspecified atom stereocenters. The third-order valence-electron chi connectivity index (χ3n) is 2.34. The van der Waals surface area contributed by atoms with Crippen molar-refractivity contribution >= 4 is 18.7 Å². The van der Waals surface area contributed by atoms with Crippen LogP contribution < -0.4 is 0 Å². The van der Waals surface area contributed by atoms with E-state index in [9.17, 15) is 4.79 Å². The lowest BCUT2D eigenvalue weighted by Crippen LogP contribution is -2.45. The highest BCUT2D eigenvalue weighted by molar-refractivity contribution is 7.80. The highest BCUT2D eigenvalue weighted by Crippen LogP contribution is 2.17. The minimum atomic E-state index is -0.436. The molecular weight excluding hydrogens is 226 g/mol. The minimum Gasteiger partial charge on any atom is -0.444 e. The summed E-state index contributed by atoms with van der Waals surface area (Å²) >= 11 is 4.02. The lowest BCUT2D eigenvalue weighted by molar-refractivity contribution is -0.00896. The summed E-state index contributed by atoms with van der Waals surface area (Å²) < 4.78 is 10.7. The standard InChI is InChI=1S/C11H21NO3S/c1-11(2,3)15-10(13)12-6-4-5-9(7-12)14-8-16/h9,16H,4-8H2,1-3H3/t9-/m1/s1. The number of nitrogens with zero attached hydrogens (tertiary/aromatic N) is 1. The number of hydrogen-bond donors (Lipinski definition) is 1. The molecule has 0 aromatic heterocycles. The van der Waals surface area contributed by atoms with Gasteiger partial charge in [0, 0.05) is 6.54 Å². The van der Waals surface area contributed by atoms with Crippen molar-refractivity contribution in [3.63, 3.8) is 0 Å². The van der Waals surface area contributed by atoms with Crippen LogP contribution in [0, 0.1) is 0 Å². The summed E-state index contributed by atoms with van der Waals surface area (Å²) in [6.07, 6.45) is 1.79. The molecule has 0 radical (unpaired) electrons. The predicted octanol–water partition coefficient (Wildman–Crippen LogP) is 2.29. The zero-order chi connectivity index (χ0) is 12.2. The second kappa shape index (κ2) is 5.77. The Balaban J connectivity index is 2.44. The van der Waals surface area contributed by atoms with Gasteiger partial charge in [0.15, 0.2) is 0 Å². The Morgan fingerprint density at radius 2 is 2.19 bits per heavy atom. The zero-order valence-electron chi connectivity index (χ0n) is 10.2. The van der Waals surface area contributed by atoms with E-state index >= 15 is 0 Å². The van der Waals surface area contributed by atoms with Gasteiger partial charge >= 0.3 is 6.09 Å². The molecule has 0 aliphatic carbocycles. The van der Waals surface area contributed by atoms with Crippen LogP contribution in [-0.2, 0) is 9.47 Å². The van der Waals surface area contributed by atoms with E-state index in [2.05, 4.69) is 12.6 Å². The number of piperidine rings is 1. The topological polar surface area (TPSA) is 38.8 Å². The Morgan fingerprint density at radius 1 is 1.50 bits per heavy atom. The van der Waals surface area contributed by atoms with Gasteiger partial charge in [-0.05, 0) is 33.6 Å². The molecule has 4 nitrogen and oxygen atoms in total. The molecule has 5 heteroatoms.